The summed E-state index contributed by atoms with van der Waals surface area (Å²) in [5, 5.41) is 2.32. The van der Waals surface area contributed by atoms with Crippen molar-refractivity contribution in [3.8, 4) is 0 Å². The molecular weight excluding hydrogens is 210 g/mol. The first-order chi connectivity index (χ1) is 8.07. The number of aromatic nitrogens is 1. The zero-order chi connectivity index (χ0) is 12.0. The van der Waals surface area contributed by atoms with Gasteiger partial charge in [-0.1, -0.05) is 39.0 Å². The van der Waals surface area contributed by atoms with E-state index in [0.29, 0.717) is 0 Å². The van der Waals surface area contributed by atoms with Crippen molar-refractivity contribution in [2.45, 2.75) is 26.2 Å². The molecule has 0 N–H and O–H groups in total. The molecular formula is C15H15NO. The van der Waals surface area contributed by atoms with E-state index < -0.39 is 0 Å². The van der Waals surface area contributed by atoms with Gasteiger partial charge in [0, 0.05) is 22.4 Å². The highest BCUT2D eigenvalue weighted by molar-refractivity contribution is 6.05. The van der Waals surface area contributed by atoms with Crippen LogP contribution in [0.1, 0.15) is 26.5 Å². The van der Waals surface area contributed by atoms with Gasteiger partial charge >= 0.3 is 0 Å². The lowest BCUT2D eigenvalue weighted by molar-refractivity contribution is 0.553. The van der Waals surface area contributed by atoms with E-state index in [-0.39, 0.29) is 5.41 Å². The molecule has 0 aliphatic carbocycles. The van der Waals surface area contributed by atoms with Crippen LogP contribution in [0.5, 0.6) is 0 Å². The van der Waals surface area contributed by atoms with Crippen molar-refractivity contribution in [1.29, 1.82) is 0 Å². The maximum Gasteiger partial charge on any atom is 0.157 e. The van der Waals surface area contributed by atoms with Crippen LogP contribution in [0.15, 0.2) is 40.9 Å². The van der Waals surface area contributed by atoms with Crippen LogP contribution in [-0.2, 0) is 5.41 Å². The van der Waals surface area contributed by atoms with Gasteiger partial charge in [0.15, 0.2) is 5.58 Å². The van der Waals surface area contributed by atoms with Crippen LogP contribution in [0.2, 0.25) is 0 Å². The van der Waals surface area contributed by atoms with Gasteiger partial charge in [-0.15, -0.1) is 0 Å². The maximum atomic E-state index is 5.95. The first-order valence-corrected chi connectivity index (χ1v) is 5.84. The molecule has 2 heterocycles. The summed E-state index contributed by atoms with van der Waals surface area (Å²) in [6.07, 6.45) is 1.87. The zero-order valence-electron chi connectivity index (χ0n) is 10.3. The first-order valence-electron chi connectivity index (χ1n) is 5.84. The van der Waals surface area contributed by atoms with E-state index in [0.717, 1.165) is 27.6 Å². The molecule has 0 amide bonds. The second-order valence-electron chi connectivity index (χ2n) is 5.38. The molecule has 2 nitrogen and oxygen atoms in total. The molecule has 0 atom stereocenters. The summed E-state index contributed by atoms with van der Waals surface area (Å²) in [5.41, 5.74) is 2.86. The van der Waals surface area contributed by atoms with Gasteiger partial charge in [0.2, 0.25) is 0 Å². The van der Waals surface area contributed by atoms with Crippen molar-refractivity contribution < 1.29 is 4.42 Å². The van der Waals surface area contributed by atoms with E-state index in [4.69, 9.17) is 4.42 Å². The Morgan fingerprint density at radius 1 is 1.00 bits per heavy atom. The molecule has 0 saturated heterocycles. The predicted molar refractivity (Wildman–Crippen MR) is 70.2 cm³/mol. The number of pyridine rings is 1. The fourth-order valence-electron chi connectivity index (χ4n) is 2.19. The van der Waals surface area contributed by atoms with Gasteiger partial charge in [-0.05, 0) is 12.1 Å². The SMILES string of the molecule is CC(C)(C)c1nccc2c1oc1ccccc12. The number of furan rings is 1. The van der Waals surface area contributed by atoms with E-state index in [1.54, 1.807) is 0 Å². The van der Waals surface area contributed by atoms with Crippen LogP contribution in [0.4, 0.5) is 0 Å². The molecule has 2 heteroatoms. The van der Waals surface area contributed by atoms with E-state index >= 15 is 0 Å². The smallest absolute Gasteiger partial charge is 0.157 e. The molecule has 2 aromatic heterocycles. The molecule has 0 unspecified atom stereocenters. The van der Waals surface area contributed by atoms with Crippen molar-refractivity contribution in [2.24, 2.45) is 0 Å². The van der Waals surface area contributed by atoms with Crippen LogP contribution in [-0.4, -0.2) is 4.98 Å². The Labute approximate surface area is 100 Å². The molecule has 0 bridgehead atoms. The quantitative estimate of drug-likeness (QED) is 0.570. The van der Waals surface area contributed by atoms with E-state index in [1.807, 2.05) is 30.5 Å². The number of nitrogens with zero attached hydrogens (tertiary/aromatic N) is 1. The molecule has 0 aliphatic rings. The van der Waals surface area contributed by atoms with Gasteiger partial charge < -0.3 is 4.42 Å². The molecule has 86 valence electrons. The van der Waals surface area contributed by atoms with Gasteiger partial charge in [-0.3, -0.25) is 4.98 Å². The highest BCUT2D eigenvalue weighted by Gasteiger charge is 2.21. The molecule has 0 spiro atoms. The van der Waals surface area contributed by atoms with Crippen LogP contribution >= 0.6 is 0 Å². The largest absolute Gasteiger partial charge is 0.454 e. The van der Waals surface area contributed by atoms with E-state index in [2.05, 4.69) is 31.8 Å². The Morgan fingerprint density at radius 3 is 2.53 bits per heavy atom. The summed E-state index contributed by atoms with van der Waals surface area (Å²) in [4.78, 5) is 4.48. The van der Waals surface area contributed by atoms with Crippen molar-refractivity contribution in [3.63, 3.8) is 0 Å². The minimum absolute atomic E-state index is 0.00656. The van der Waals surface area contributed by atoms with E-state index in [1.165, 1.54) is 0 Å². The van der Waals surface area contributed by atoms with Crippen LogP contribution in [0.25, 0.3) is 21.9 Å². The average molecular weight is 225 g/mol. The Kier molecular flexibility index (Phi) is 2.02. The average Bonchev–Trinajstić information content (AvgIpc) is 2.65. The predicted octanol–water partition coefficient (Wildman–Crippen LogP) is 4.28. The Morgan fingerprint density at radius 2 is 1.76 bits per heavy atom. The van der Waals surface area contributed by atoms with Crippen LogP contribution in [0.3, 0.4) is 0 Å². The summed E-state index contributed by atoms with van der Waals surface area (Å²) >= 11 is 0. The lowest BCUT2D eigenvalue weighted by atomic mass is 9.90. The van der Waals surface area contributed by atoms with E-state index in [9.17, 15) is 0 Å². The van der Waals surface area contributed by atoms with Gasteiger partial charge in [0.25, 0.3) is 0 Å². The minimum Gasteiger partial charge on any atom is -0.454 e. The van der Waals surface area contributed by atoms with Crippen LogP contribution in [0, 0.1) is 0 Å². The number of hydrogen-bond donors (Lipinski definition) is 0. The summed E-state index contributed by atoms with van der Waals surface area (Å²) in [7, 11) is 0. The zero-order valence-corrected chi connectivity index (χ0v) is 10.3. The lowest BCUT2D eigenvalue weighted by Crippen LogP contribution is -2.13. The first kappa shape index (κ1) is 10.3. The molecule has 1 aromatic carbocycles. The Bertz CT molecular complexity index is 689. The highest BCUT2D eigenvalue weighted by atomic mass is 16.3. The Balaban J connectivity index is 2.48. The number of para-hydroxylation sites is 1. The second kappa shape index (κ2) is 3.33. The minimum atomic E-state index is -0.00656. The highest BCUT2D eigenvalue weighted by Crippen LogP contribution is 2.34. The number of hydrogen-bond acceptors (Lipinski definition) is 2. The van der Waals surface area contributed by atoms with Gasteiger partial charge in [0.05, 0.1) is 5.69 Å². The van der Waals surface area contributed by atoms with Gasteiger partial charge in [0.1, 0.15) is 5.58 Å². The van der Waals surface area contributed by atoms with Crippen molar-refractivity contribution in [1.82, 2.24) is 4.98 Å². The summed E-state index contributed by atoms with van der Waals surface area (Å²) in [6, 6.07) is 10.1. The monoisotopic (exact) mass is 225 g/mol. The molecule has 17 heavy (non-hydrogen) atoms. The number of benzene rings is 1. The Hall–Kier alpha value is -1.83. The normalized spacial score (nSPS) is 12.4. The number of rotatable bonds is 0. The molecule has 0 aliphatic heterocycles. The second-order valence-corrected chi connectivity index (χ2v) is 5.38. The topological polar surface area (TPSA) is 26.0 Å². The third kappa shape index (κ3) is 1.52. The maximum absolute atomic E-state index is 5.95. The molecule has 3 aromatic rings. The van der Waals surface area contributed by atoms with Crippen molar-refractivity contribution in [3.05, 3.63) is 42.2 Å². The van der Waals surface area contributed by atoms with Crippen molar-refractivity contribution >= 4 is 21.9 Å². The fraction of sp³-hybridized carbons (Fsp3) is 0.267. The van der Waals surface area contributed by atoms with Crippen molar-refractivity contribution in [2.75, 3.05) is 0 Å². The number of fused-ring (bicyclic) bond motifs is 3. The third-order valence-electron chi connectivity index (χ3n) is 3.00. The summed E-state index contributed by atoms with van der Waals surface area (Å²) in [5.74, 6) is 0. The molecule has 0 saturated carbocycles. The molecule has 3 rings (SSSR count). The van der Waals surface area contributed by atoms with Gasteiger partial charge in [-0.2, -0.15) is 0 Å². The summed E-state index contributed by atoms with van der Waals surface area (Å²) in [6.45, 7) is 6.46. The molecule has 0 radical (unpaired) electrons. The third-order valence-corrected chi connectivity index (χ3v) is 3.00. The summed E-state index contributed by atoms with van der Waals surface area (Å²) < 4.78 is 5.95. The van der Waals surface area contributed by atoms with Crippen LogP contribution < -0.4 is 0 Å². The lowest BCUT2D eigenvalue weighted by Gasteiger charge is -2.17. The standard InChI is InChI=1S/C15H15NO/c1-15(2,3)14-13-11(8-9-16-14)10-6-4-5-7-12(10)17-13/h4-9H,1-3H3. The van der Waals surface area contributed by atoms with Gasteiger partial charge in [-0.25, -0.2) is 0 Å². The molecule has 0 fully saturated rings. The fourth-order valence-corrected chi connectivity index (χ4v) is 2.19.